The highest BCUT2D eigenvalue weighted by Gasteiger charge is 2.48. The second-order valence-electron chi connectivity index (χ2n) is 8.33. The lowest BCUT2D eigenvalue weighted by Crippen LogP contribution is -2.56. The Morgan fingerprint density at radius 2 is 1.42 bits per heavy atom. The van der Waals surface area contributed by atoms with Crippen LogP contribution in [0.25, 0.3) is 0 Å². The molecule has 0 aliphatic heterocycles. The number of carbonyl (C=O) groups is 1. The molecule has 4 fully saturated rings. The molecule has 0 saturated heterocycles. The van der Waals surface area contributed by atoms with Gasteiger partial charge in [-0.05, 0) is 80.8 Å². The van der Waals surface area contributed by atoms with E-state index in [2.05, 4.69) is 5.32 Å². The summed E-state index contributed by atoms with van der Waals surface area (Å²) >= 11 is 18.9. The Bertz CT molecular complexity index is 692. The fourth-order valence-electron chi connectivity index (χ4n) is 5.56. The summed E-state index contributed by atoms with van der Waals surface area (Å²) < 4.78 is 5.71. The summed E-state index contributed by atoms with van der Waals surface area (Å²) in [6, 6.07) is 0.304. The van der Waals surface area contributed by atoms with Crippen LogP contribution >= 0.6 is 34.8 Å². The molecule has 0 atom stereocenters. The van der Waals surface area contributed by atoms with Crippen LogP contribution in [0.3, 0.4) is 0 Å². The lowest BCUT2D eigenvalue weighted by molar-refractivity contribution is -0.127. The summed E-state index contributed by atoms with van der Waals surface area (Å²) in [5.41, 5.74) is 1.43. The largest absolute Gasteiger partial charge is 0.481 e. The first kappa shape index (κ1) is 18.7. The topological polar surface area (TPSA) is 38.3 Å². The van der Waals surface area contributed by atoms with Crippen LogP contribution in [0.15, 0.2) is 0 Å². The average Bonchev–Trinajstić information content (AvgIpc) is 2.60. The van der Waals surface area contributed by atoms with Gasteiger partial charge in [-0.3, -0.25) is 4.79 Å². The van der Waals surface area contributed by atoms with Gasteiger partial charge in [-0.25, -0.2) is 0 Å². The molecule has 26 heavy (non-hydrogen) atoms. The molecule has 0 aromatic heterocycles. The highest BCUT2D eigenvalue weighted by molar-refractivity contribution is 6.42. The third kappa shape index (κ3) is 3.21. The molecule has 1 aromatic rings. The van der Waals surface area contributed by atoms with Crippen molar-refractivity contribution in [2.45, 2.75) is 52.0 Å². The number of carbonyl (C=O) groups excluding carboxylic acids is 1. The molecule has 4 aliphatic rings. The zero-order valence-corrected chi connectivity index (χ0v) is 17.3. The fraction of sp³-hybridized carbons (Fsp3) is 0.650. The van der Waals surface area contributed by atoms with Gasteiger partial charge in [0.15, 0.2) is 12.4 Å². The Hall–Kier alpha value is -0.640. The predicted octanol–water partition coefficient (Wildman–Crippen LogP) is 5.58. The van der Waals surface area contributed by atoms with Gasteiger partial charge in [0.05, 0.1) is 10.0 Å². The molecule has 1 aromatic carbocycles. The highest BCUT2D eigenvalue weighted by Crippen LogP contribution is 2.53. The maximum absolute atomic E-state index is 12.5. The van der Waals surface area contributed by atoms with Crippen LogP contribution in [-0.2, 0) is 4.79 Å². The van der Waals surface area contributed by atoms with Crippen LogP contribution in [0.2, 0.25) is 15.1 Å². The van der Waals surface area contributed by atoms with Crippen molar-refractivity contribution in [3.05, 3.63) is 26.2 Å². The van der Waals surface area contributed by atoms with Gasteiger partial charge in [0.2, 0.25) is 0 Å². The summed E-state index contributed by atoms with van der Waals surface area (Å²) in [5.74, 6) is 3.30. The molecular formula is C20H24Cl3NO2. The quantitative estimate of drug-likeness (QED) is 0.695. The summed E-state index contributed by atoms with van der Waals surface area (Å²) in [7, 11) is 0. The number of halogens is 3. The smallest absolute Gasteiger partial charge is 0.258 e. The molecule has 0 spiro atoms. The third-order valence-electron chi connectivity index (χ3n) is 6.62. The summed E-state index contributed by atoms with van der Waals surface area (Å²) in [6.45, 7) is 3.55. The number of nitrogens with one attached hydrogen (secondary N) is 1. The molecule has 1 amide bonds. The first-order valence-corrected chi connectivity index (χ1v) is 10.5. The Balaban J connectivity index is 1.41. The van der Waals surface area contributed by atoms with E-state index in [9.17, 15) is 4.79 Å². The molecule has 4 saturated carbocycles. The second-order valence-corrected chi connectivity index (χ2v) is 9.47. The van der Waals surface area contributed by atoms with E-state index in [1.807, 2.05) is 13.8 Å². The summed E-state index contributed by atoms with van der Waals surface area (Å²) in [6.07, 6.45) is 6.49. The number of hydrogen-bond donors (Lipinski definition) is 1. The van der Waals surface area contributed by atoms with Crippen LogP contribution in [-0.4, -0.2) is 18.6 Å². The van der Waals surface area contributed by atoms with Crippen LogP contribution in [0.1, 0.15) is 43.2 Å². The Morgan fingerprint density at radius 3 is 1.92 bits per heavy atom. The standard InChI is InChI=1S/C20H24Cl3NO2/c1-9-16(21)10(2)18(23)20(17(9)22)26-8-15(25)24-19-13-4-11-3-12(6-13)7-14(19)5-11/h11-14,19H,3-8H2,1-2H3,(H,24,25). The fourth-order valence-corrected chi connectivity index (χ4v) is 6.38. The van der Waals surface area contributed by atoms with E-state index in [4.69, 9.17) is 39.5 Å². The van der Waals surface area contributed by atoms with Crippen molar-refractivity contribution in [2.75, 3.05) is 6.61 Å². The zero-order chi connectivity index (χ0) is 18.6. The van der Waals surface area contributed by atoms with Gasteiger partial charge < -0.3 is 10.1 Å². The van der Waals surface area contributed by atoms with Crippen molar-refractivity contribution in [1.29, 1.82) is 0 Å². The molecule has 0 unspecified atom stereocenters. The average molecular weight is 417 g/mol. The van der Waals surface area contributed by atoms with Gasteiger partial charge in [0.1, 0.15) is 0 Å². The van der Waals surface area contributed by atoms with Gasteiger partial charge >= 0.3 is 0 Å². The van der Waals surface area contributed by atoms with Crippen molar-refractivity contribution in [1.82, 2.24) is 5.32 Å². The number of ether oxygens (including phenoxy) is 1. The molecule has 4 aliphatic carbocycles. The van der Waals surface area contributed by atoms with Crippen molar-refractivity contribution >= 4 is 40.7 Å². The molecule has 1 N–H and O–H groups in total. The first-order valence-electron chi connectivity index (χ1n) is 9.41. The van der Waals surface area contributed by atoms with Crippen LogP contribution in [0, 0.1) is 37.5 Å². The monoisotopic (exact) mass is 415 g/mol. The van der Waals surface area contributed by atoms with Crippen LogP contribution in [0.4, 0.5) is 0 Å². The van der Waals surface area contributed by atoms with E-state index in [0.717, 1.165) is 11.8 Å². The second kappa shape index (κ2) is 7.07. The van der Waals surface area contributed by atoms with Gasteiger partial charge in [0, 0.05) is 11.1 Å². The Morgan fingerprint density at radius 1 is 0.923 bits per heavy atom. The molecule has 6 heteroatoms. The lowest BCUT2D eigenvalue weighted by Gasteiger charge is -2.54. The van der Waals surface area contributed by atoms with E-state index in [1.54, 1.807) is 0 Å². The first-order chi connectivity index (χ1) is 12.3. The van der Waals surface area contributed by atoms with E-state index in [-0.39, 0.29) is 12.5 Å². The number of amides is 1. The summed E-state index contributed by atoms with van der Waals surface area (Å²) in [5, 5.41) is 4.51. The minimum atomic E-state index is -0.0973. The number of benzene rings is 1. The molecule has 3 nitrogen and oxygen atoms in total. The van der Waals surface area contributed by atoms with Crippen LogP contribution in [0.5, 0.6) is 5.75 Å². The number of rotatable bonds is 4. The normalized spacial score (nSPS) is 32.0. The van der Waals surface area contributed by atoms with E-state index in [0.29, 0.717) is 49.8 Å². The van der Waals surface area contributed by atoms with Gasteiger partial charge in [-0.1, -0.05) is 34.8 Å². The van der Waals surface area contributed by atoms with Gasteiger partial charge in [0.25, 0.3) is 5.91 Å². The maximum atomic E-state index is 12.5. The van der Waals surface area contributed by atoms with Crippen molar-refractivity contribution < 1.29 is 9.53 Å². The molecule has 5 rings (SSSR count). The highest BCUT2D eigenvalue weighted by atomic mass is 35.5. The molecule has 142 valence electrons. The van der Waals surface area contributed by atoms with E-state index >= 15 is 0 Å². The summed E-state index contributed by atoms with van der Waals surface area (Å²) in [4.78, 5) is 12.5. The molecule has 0 radical (unpaired) electrons. The maximum Gasteiger partial charge on any atom is 0.258 e. The van der Waals surface area contributed by atoms with E-state index < -0.39 is 0 Å². The lowest BCUT2D eigenvalue weighted by atomic mass is 9.54. The Labute approximate surface area is 169 Å². The minimum Gasteiger partial charge on any atom is -0.481 e. The van der Waals surface area contributed by atoms with Crippen LogP contribution < -0.4 is 10.1 Å². The minimum absolute atomic E-state index is 0.0806. The molecule has 0 heterocycles. The van der Waals surface area contributed by atoms with E-state index in [1.165, 1.54) is 32.1 Å². The predicted molar refractivity (Wildman–Crippen MR) is 105 cm³/mol. The molecular weight excluding hydrogens is 393 g/mol. The third-order valence-corrected chi connectivity index (χ3v) is 8.09. The SMILES string of the molecule is Cc1c(Cl)c(C)c(Cl)c(OCC(=O)NC2C3CC4CC(C3)CC2C4)c1Cl. The van der Waals surface area contributed by atoms with Gasteiger partial charge in [-0.2, -0.15) is 0 Å². The molecule has 4 bridgehead atoms. The van der Waals surface area contributed by atoms with Crippen molar-refractivity contribution in [2.24, 2.45) is 23.7 Å². The Kier molecular flexibility index (Phi) is 5.09. The number of hydrogen-bond acceptors (Lipinski definition) is 2. The van der Waals surface area contributed by atoms with Crippen molar-refractivity contribution in [3.63, 3.8) is 0 Å². The van der Waals surface area contributed by atoms with Gasteiger partial charge in [-0.15, -0.1) is 0 Å². The zero-order valence-electron chi connectivity index (χ0n) is 15.1. The van der Waals surface area contributed by atoms with Crippen molar-refractivity contribution in [3.8, 4) is 5.75 Å².